The van der Waals surface area contributed by atoms with Crippen LogP contribution in [0.25, 0.3) is 0 Å². The molecule has 11 heavy (non-hydrogen) atoms. The first-order valence-corrected chi connectivity index (χ1v) is 4.51. The summed E-state index contributed by atoms with van der Waals surface area (Å²) in [6, 6.07) is 0. The van der Waals surface area contributed by atoms with Crippen molar-refractivity contribution in [1.29, 1.82) is 0 Å². The van der Waals surface area contributed by atoms with Gasteiger partial charge in [0.15, 0.2) is 6.20 Å². The molecule has 1 aromatic rings. The highest BCUT2D eigenvalue weighted by Gasteiger charge is 2.20. The van der Waals surface area contributed by atoms with E-state index in [-0.39, 0.29) is 5.16 Å². The number of nitrogens with zero attached hydrogens (tertiary/aromatic N) is 2. The average molecular weight is 195 g/mol. The molecular formula is C4H7N2O3S2+. The third kappa shape index (κ3) is 1.55. The molecule has 0 saturated heterocycles. The summed E-state index contributed by atoms with van der Waals surface area (Å²) in [5, 5.41) is 0.146. The van der Waals surface area contributed by atoms with Crippen molar-refractivity contribution in [3.63, 3.8) is 0 Å². The normalized spacial score (nSPS) is 11.9. The number of imidazole rings is 1. The lowest BCUT2D eigenvalue weighted by Gasteiger charge is -1.89. The van der Waals surface area contributed by atoms with E-state index in [0.717, 1.165) is 0 Å². The number of hydrogen-bond acceptors (Lipinski definition) is 3. The molecule has 1 rings (SSSR count). The Morgan fingerprint density at radius 3 is 2.45 bits per heavy atom. The van der Waals surface area contributed by atoms with Crippen LogP contribution in [0.5, 0.6) is 0 Å². The molecule has 62 valence electrons. The van der Waals surface area contributed by atoms with E-state index in [1.165, 1.54) is 17.0 Å². The van der Waals surface area contributed by atoms with Crippen LogP contribution < -0.4 is 4.57 Å². The van der Waals surface area contributed by atoms with Gasteiger partial charge >= 0.3 is 15.5 Å². The monoisotopic (exact) mass is 195 g/mol. The number of thiol groups is 1. The van der Waals surface area contributed by atoms with Crippen LogP contribution in [0.4, 0.5) is 0 Å². The SMILES string of the molecule is C[n+]1ccn(S(=O)(=O)O)c1S. The van der Waals surface area contributed by atoms with Crippen LogP contribution in [-0.2, 0) is 17.4 Å². The highest BCUT2D eigenvalue weighted by atomic mass is 32.2. The molecule has 0 aromatic carbocycles. The molecule has 0 aliphatic rings. The predicted octanol–water partition coefficient (Wildman–Crippen LogP) is -0.748. The van der Waals surface area contributed by atoms with E-state index < -0.39 is 10.3 Å². The largest absolute Gasteiger partial charge is 0.440 e. The first-order chi connectivity index (χ1) is 4.93. The first kappa shape index (κ1) is 8.57. The van der Waals surface area contributed by atoms with Crippen LogP contribution in [-0.4, -0.2) is 16.9 Å². The second-order valence-electron chi connectivity index (χ2n) is 1.98. The van der Waals surface area contributed by atoms with E-state index in [0.29, 0.717) is 3.97 Å². The minimum absolute atomic E-state index is 0.146. The average Bonchev–Trinajstić information content (AvgIpc) is 2.11. The molecule has 1 heterocycles. The Labute approximate surface area is 69.6 Å². The summed E-state index contributed by atoms with van der Waals surface area (Å²) < 4.78 is 31.7. The fourth-order valence-corrected chi connectivity index (χ4v) is 1.62. The van der Waals surface area contributed by atoms with E-state index in [1.807, 2.05) is 0 Å². The fourth-order valence-electron chi connectivity index (χ4n) is 0.629. The van der Waals surface area contributed by atoms with Gasteiger partial charge < -0.3 is 0 Å². The molecule has 0 unspecified atom stereocenters. The highest BCUT2D eigenvalue weighted by molar-refractivity contribution is 7.85. The van der Waals surface area contributed by atoms with Crippen molar-refractivity contribution in [3.8, 4) is 0 Å². The molecule has 0 fully saturated rings. The molecule has 0 radical (unpaired) electrons. The van der Waals surface area contributed by atoms with E-state index in [2.05, 4.69) is 12.6 Å². The lowest BCUT2D eigenvalue weighted by Crippen LogP contribution is -2.28. The van der Waals surface area contributed by atoms with Crippen LogP contribution in [0.1, 0.15) is 0 Å². The van der Waals surface area contributed by atoms with Crippen molar-refractivity contribution in [3.05, 3.63) is 12.4 Å². The third-order valence-electron chi connectivity index (χ3n) is 1.19. The van der Waals surface area contributed by atoms with Gasteiger partial charge in [0.25, 0.3) is 0 Å². The molecule has 1 aromatic heterocycles. The molecule has 0 saturated carbocycles. The summed E-state index contributed by atoms with van der Waals surface area (Å²) >= 11 is 3.84. The molecule has 7 heteroatoms. The smallest absolute Gasteiger partial charge is 0.251 e. The van der Waals surface area contributed by atoms with Crippen molar-refractivity contribution in [1.82, 2.24) is 3.97 Å². The molecule has 1 N–H and O–H groups in total. The van der Waals surface area contributed by atoms with Gasteiger partial charge in [-0.05, 0) is 0 Å². The van der Waals surface area contributed by atoms with Gasteiger partial charge in [0.1, 0.15) is 6.20 Å². The third-order valence-corrected chi connectivity index (χ3v) is 2.64. The van der Waals surface area contributed by atoms with Gasteiger partial charge in [-0.15, -0.1) is 0 Å². The van der Waals surface area contributed by atoms with Gasteiger partial charge in [0.05, 0.1) is 7.05 Å². The predicted molar refractivity (Wildman–Crippen MR) is 39.8 cm³/mol. The Balaban J connectivity index is 3.38. The molecule has 0 aliphatic heterocycles. The van der Waals surface area contributed by atoms with Crippen LogP contribution in [0.15, 0.2) is 17.6 Å². The lowest BCUT2D eigenvalue weighted by molar-refractivity contribution is -0.708. The fraction of sp³-hybridized carbons (Fsp3) is 0.250. The van der Waals surface area contributed by atoms with Crippen LogP contribution >= 0.6 is 12.6 Å². The van der Waals surface area contributed by atoms with Gasteiger partial charge in [-0.1, -0.05) is 16.6 Å². The minimum atomic E-state index is -4.19. The summed E-state index contributed by atoms with van der Waals surface area (Å²) in [4.78, 5) is 0. The summed E-state index contributed by atoms with van der Waals surface area (Å²) in [6.45, 7) is 0. The van der Waals surface area contributed by atoms with Crippen molar-refractivity contribution in [2.45, 2.75) is 5.16 Å². The van der Waals surface area contributed by atoms with Gasteiger partial charge in [0, 0.05) is 0 Å². The maximum atomic E-state index is 10.5. The molecule has 0 spiro atoms. The maximum Gasteiger partial charge on any atom is 0.440 e. The molecule has 5 nitrogen and oxygen atoms in total. The van der Waals surface area contributed by atoms with Gasteiger partial charge in [-0.2, -0.15) is 8.42 Å². The first-order valence-electron chi connectivity index (χ1n) is 2.67. The second kappa shape index (κ2) is 2.50. The van der Waals surface area contributed by atoms with Crippen molar-refractivity contribution >= 4 is 22.9 Å². The summed E-state index contributed by atoms with van der Waals surface area (Å²) in [6.07, 6.45) is 2.67. The van der Waals surface area contributed by atoms with Gasteiger partial charge in [-0.25, -0.2) is 4.57 Å². The Kier molecular flexibility index (Phi) is 1.95. The summed E-state index contributed by atoms with van der Waals surface area (Å²) in [7, 11) is -2.58. The lowest BCUT2D eigenvalue weighted by atomic mass is 10.9. The van der Waals surface area contributed by atoms with Crippen LogP contribution in [0, 0.1) is 0 Å². The molecule has 0 amide bonds. The highest BCUT2D eigenvalue weighted by Crippen LogP contribution is 2.02. The maximum absolute atomic E-state index is 10.5. The topological polar surface area (TPSA) is 63.2 Å². The Morgan fingerprint density at radius 2 is 2.27 bits per heavy atom. The van der Waals surface area contributed by atoms with Crippen molar-refractivity contribution in [2.75, 3.05) is 0 Å². The zero-order valence-electron chi connectivity index (χ0n) is 5.67. The Hall–Kier alpha value is -0.530. The number of rotatable bonds is 1. The van der Waals surface area contributed by atoms with Crippen LogP contribution in [0.3, 0.4) is 0 Å². The van der Waals surface area contributed by atoms with Gasteiger partial charge in [-0.3, -0.25) is 4.55 Å². The van der Waals surface area contributed by atoms with E-state index in [4.69, 9.17) is 4.55 Å². The van der Waals surface area contributed by atoms with Crippen LogP contribution in [0.2, 0.25) is 0 Å². The minimum Gasteiger partial charge on any atom is -0.251 e. The van der Waals surface area contributed by atoms with Gasteiger partial charge in [0.2, 0.25) is 0 Å². The Bertz CT molecular complexity index is 367. The number of aromatic nitrogens is 2. The standard InChI is InChI=1S/C4H6N2O3S2/c1-5-2-3-6(4(5)10)11(7,8)9/h2-3H,1H3,(H,7,8,9)/p+1. The van der Waals surface area contributed by atoms with E-state index >= 15 is 0 Å². The quantitative estimate of drug-likeness (QED) is 0.352. The molecular weight excluding hydrogens is 188 g/mol. The summed E-state index contributed by atoms with van der Waals surface area (Å²) in [5.41, 5.74) is 0. The Morgan fingerprint density at radius 1 is 1.73 bits per heavy atom. The molecule has 0 aliphatic carbocycles. The molecule has 0 bridgehead atoms. The van der Waals surface area contributed by atoms with Crippen molar-refractivity contribution in [2.24, 2.45) is 7.05 Å². The number of aryl methyl sites for hydroxylation is 1. The zero-order chi connectivity index (χ0) is 8.65. The van der Waals surface area contributed by atoms with E-state index in [9.17, 15) is 8.42 Å². The molecule has 0 atom stereocenters. The van der Waals surface area contributed by atoms with Crippen molar-refractivity contribution < 1.29 is 17.5 Å². The van der Waals surface area contributed by atoms with E-state index in [1.54, 1.807) is 7.05 Å². The number of hydrogen-bond donors (Lipinski definition) is 2. The second-order valence-corrected chi connectivity index (χ2v) is 3.67. The summed E-state index contributed by atoms with van der Waals surface area (Å²) in [5.74, 6) is 0. The zero-order valence-corrected chi connectivity index (χ0v) is 7.38.